The van der Waals surface area contributed by atoms with Crippen LogP contribution in [0.4, 0.5) is 13.2 Å². The molecule has 0 saturated carbocycles. The molecule has 7 nitrogen and oxygen atoms in total. The second kappa shape index (κ2) is 6.60. The smallest absolute Gasteiger partial charge is 0.378 e. The first kappa shape index (κ1) is 17.4. The standard InChI is InChI=1S/C16H18F3N5O2/c17-16(18,19)12-1-3-13(4-2-12)24-14(20-21-22-24)9-23-6-8-26-15(10-23)5-7-25-11-15/h1-4H,5-11H2. The van der Waals surface area contributed by atoms with Crippen molar-refractivity contribution in [2.75, 3.05) is 32.9 Å². The first-order valence-electron chi connectivity index (χ1n) is 8.34. The van der Waals surface area contributed by atoms with Crippen LogP contribution in [0.15, 0.2) is 24.3 Å². The summed E-state index contributed by atoms with van der Waals surface area (Å²) in [5.41, 5.74) is -0.484. The SMILES string of the molecule is FC(F)(F)c1ccc(-n2nnnc2CN2CCOC3(CCOC3)C2)cc1. The number of aromatic nitrogens is 4. The van der Waals surface area contributed by atoms with Crippen LogP contribution in [-0.4, -0.2) is 63.6 Å². The first-order chi connectivity index (χ1) is 12.5. The highest BCUT2D eigenvalue weighted by Crippen LogP contribution is 2.30. The molecule has 1 unspecified atom stereocenters. The van der Waals surface area contributed by atoms with Crippen molar-refractivity contribution in [3.63, 3.8) is 0 Å². The largest absolute Gasteiger partial charge is 0.416 e. The van der Waals surface area contributed by atoms with E-state index in [1.165, 1.54) is 16.8 Å². The van der Waals surface area contributed by atoms with Gasteiger partial charge in [-0.1, -0.05) is 0 Å². The van der Waals surface area contributed by atoms with Gasteiger partial charge in [0.05, 0.1) is 31.0 Å². The molecule has 4 rings (SSSR count). The van der Waals surface area contributed by atoms with Gasteiger partial charge in [-0.15, -0.1) is 5.10 Å². The van der Waals surface area contributed by atoms with Gasteiger partial charge in [0.15, 0.2) is 5.82 Å². The molecule has 0 amide bonds. The maximum Gasteiger partial charge on any atom is 0.416 e. The van der Waals surface area contributed by atoms with Crippen LogP contribution in [0.25, 0.3) is 5.69 Å². The van der Waals surface area contributed by atoms with Gasteiger partial charge in [-0.2, -0.15) is 17.9 Å². The van der Waals surface area contributed by atoms with Crippen LogP contribution in [0, 0.1) is 0 Å². The number of nitrogens with zero attached hydrogens (tertiary/aromatic N) is 5. The van der Waals surface area contributed by atoms with Gasteiger partial charge in [0.1, 0.15) is 5.60 Å². The third-order valence-corrected chi connectivity index (χ3v) is 4.73. The minimum absolute atomic E-state index is 0.273. The van der Waals surface area contributed by atoms with E-state index in [0.29, 0.717) is 44.4 Å². The number of benzene rings is 1. The van der Waals surface area contributed by atoms with Crippen molar-refractivity contribution in [2.24, 2.45) is 0 Å². The third-order valence-electron chi connectivity index (χ3n) is 4.73. The van der Waals surface area contributed by atoms with E-state index in [9.17, 15) is 13.2 Å². The predicted molar refractivity (Wildman–Crippen MR) is 83.6 cm³/mol. The van der Waals surface area contributed by atoms with Crippen LogP contribution in [0.5, 0.6) is 0 Å². The molecule has 3 heterocycles. The lowest BCUT2D eigenvalue weighted by Crippen LogP contribution is -2.52. The van der Waals surface area contributed by atoms with Crippen molar-refractivity contribution in [3.8, 4) is 5.69 Å². The van der Waals surface area contributed by atoms with E-state index in [0.717, 1.165) is 25.1 Å². The Labute approximate surface area is 147 Å². The van der Waals surface area contributed by atoms with Gasteiger partial charge >= 0.3 is 6.18 Å². The molecule has 140 valence electrons. The summed E-state index contributed by atoms with van der Waals surface area (Å²) in [6.45, 7) is 3.81. The molecule has 0 bridgehead atoms. The maximum absolute atomic E-state index is 12.7. The van der Waals surface area contributed by atoms with Crippen LogP contribution < -0.4 is 0 Å². The Kier molecular flexibility index (Phi) is 4.41. The van der Waals surface area contributed by atoms with Crippen molar-refractivity contribution in [1.29, 1.82) is 0 Å². The molecule has 2 aromatic rings. The third kappa shape index (κ3) is 3.44. The van der Waals surface area contributed by atoms with E-state index >= 15 is 0 Å². The van der Waals surface area contributed by atoms with Crippen molar-refractivity contribution in [3.05, 3.63) is 35.7 Å². The molecule has 2 aliphatic rings. The van der Waals surface area contributed by atoms with Gasteiger partial charge in [-0.3, -0.25) is 4.90 Å². The van der Waals surface area contributed by atoms with Crippen molar-refractivity contribution >= 4 is 0 Å². The predicted octanol–water partition coefficient (Wildman–Crippen LogP) is 1.67. The summed E-state index contributed by atoms with van der Waals surface area (Å²) >= 11 is 0. The number of tetrazole rings is 1. The molecular weight excluding hydrogens is 351 g/mol. The lowest BCUT2D eigenvalue weighted by molar-refractivity contribution is -0.137. The summed E-state index contributed by atoms with van der Waals surface area (Å²) in [5.74, 6) is 0.570. The summed E-state index contributed by atoms with van der Waals surface area (Å²) in [5, 5.41) is 11.6. The number of alkyl halides is 3. The van der Waals surface area contributed by atoms with Crippen molar-refractivity contribution in [2.45, 2.75) is 24.7 Å². The van der Waals surface area contributed by atoms with Gasteiger partial charge in [0, 0.05) is 26.1 Å². The Morgan fingerprint density at radius 1 is 1.15 bits per heavy atom. The number of hydrogen-bond acceptors (Lipinski definition) is 6. The normalized spacial score (nSPS) is 24.4. The second-order valence-electron chi connectivity index (χ2n) is 6.60. The monoisotopic (exact) mass is 369 g/mol. The van der Waals surface area contributed by atoms with Crippen molar-refractivity contribution in [1.82, 2.24) is 25.1 Å². The molecule has 1 aromatic carbocycles. The van der Waals surface area contributed by atoms with Crippen LogP contribution in [0.3, 0.4) is 0 Å². The Balaban J connectivity index is 1.50. The number of ether oxygens (including phenoxy) is 2. The molecule has 0 radical (unpaired) electrons. The number of rotatable bonds is 3. The zero-order valence-corrected chi connectivity index (χ0v) is 13.9. The first-order valence-corrected chi connectivity index (χ1v) is 8.34. The fraction of sp³-hybridized carbons (Fsp3) is 0.562. The van der Waals surface area contributed by atoms with E-state index in [1.807, 2.05) is 0 Å². The molecule has 10 heteroatoms. The zero-order valence-electron chi connectivity index (χ0n) is 13.9. The van der Waals surface area contributed by atoms with Crippen LogP contribution in [0.2, 0.25) is 0 Å². The quantitative estimate of drug-likeness (QED) is 0.820. The molecule has 1 spiro atoms. The second-order valence-corrected chi connectivity index (χ2v) is 6.60. The Morgan fingerprint density at radius 3 is 2.65 bits per heavy atom. The molecule has 0 aliphatic carbocycles. The summed E-state index contributed by atoms with van der Waals surface area (Å²) in [4.78, 5) is 2.18. The average Bonchev–Trinajstić information content (AvgIpc) is 3.24. The lowest BCUT2D eigenvalue weighted by Gasteiger charge is -2.39. The van der Waals surface area contributed by atoms with Crippen LogP contribution >= 0.6 is 0 Å². The van der Waals surface area contributed by atoms with Gasteiger partial charge in [-0.25, -0.2) is 0 Å². The molecule has 1 atom stereocenters. The number of halogens is 3. The van der Waals surface area contributed by atoms with Crippen LogP contribution in [0.1, 0.15) is 17.8 Å². The highest BCUT2D eigenvalue weighted by molar-refractivity contribution is 5.35. The highest BCUT2D eigenvalue weighted by Gasteiger charge is 2.40. The minimum Gasteiger partial charge on any atom is -0.378 e. The lowest BCUT2D eigenvalue weighted by atomic mass is 10.0. The van der Waals surface area contributed by atoms with E-state index in [-0.39, 0.29) is 5.60 Å². The average molecular weight is 369 g/mol. The zero-order chi connectivity index (χ0) is 18.2. The molecular formula is C16H18F3N5O2. The van der Waals surface area contributed by atoms with Gasteiger partial charge in [0.2, 0.25) is 0 Å². The number of morpholine rings is 1. The van der Waals surface area contributed by atoms with E-state index in [4.69, 9.17) is 9.47 Å². The van der Waals surface area contributed by atoms with Crippen molar-refractivity contribution < 1.29 is 22.6 Å². The maximum atomic E-state index is 12.7. The minimum atomic E-state index is -4.37. The van der Waals surface area contributed by atoms with Crippen LogP contribution in [-0.2, 0) is 22.2 Å². The summed E-state index contributed by atoms with van der Waals surface area (Å²) in [6.07, 6.45) is -3.51. The fourth-order valence-electron chi connectivity index (χ4n) is 3.38. The Hall–Kier alpha value is -2.04. The molecule has 0 N–H and O–H groups in total. The molecule has 2 fully saturated rings. The summed E-state index contributed by atoms with van der Waals surface area (Å²) < 4.78 is 51.0. The fourth-order valence-corrected chi connectivity index (χ4v) is 3.38. The van der Waals surface area contributed by atoms with E-state index in [2.05, 4.69) is 20.4 Å². The summed E-state index contributed by atoms with van der Waals surface area (Å²) in [6, 6.07) is 4.80. The van der Waals surface area contributed by atoms with E-state index < -0.39 is 11.7 Å². The topological polar surface area (TPSA) is 65.3 Å². The molecule has 2 aliphatic heterocycles. The highest BCUT2D eigenvalue weighted by atomic mass is 19.4. The Morgan fingerprint density at radius 2 is 1.96 bits per heavy atom. The number of hydrogen-bond donors (Lipinski definition) is 0. The molecule has 2 saturated heterocycles. The molecule has 1 aromatic heterocycles. The Bertz CT molecular complexity index is 756. The van der Waals surface area contributed by atoms with Gasteiger partial charge in [-0.05, 0) is 34.7 Å². The molecule has 26 heavy (non-hydrogen) atoms. The summed E-state index contributed by atoms with van der Waals surface area (Å²) in [7, 11) is 0. The van der Waals surface area contributed by atoms with E-state index in [1.54, 1.807) is 0 Å². The van der Waals surface area contributed by atoms with Gasteiger partial charge in [0.25, 0.3) is 0 Å². The van der Waals surface area contributed by atoms with Gasteiger partial charge < -0.3 is 9.47 Å².